The van der Waals surface area contributed by atoms with Crippen molar-refractivity contribution in [2.75, 3.05) is 36.4 Å². The number of hydrogen-bond donors (Lipinski definition) is 2. The van der Waals surface area contributed by atoms with Crippen molar-refractivity contribution in [3.63, 3.8) is 0 Å². The Morgan fingerprint density at radius 2 is 1.67 bits per heavy atom. The molecule has 2 aromatic carbocycles. The number of hydrogen-bond acceptors (Lipinski definition) is 4. The minimum Gasteiger partial charge on any atom is -0.367 e. The summed E-state index contributed by atoms with van der Waals surface area (Å²) in [7, 11) is 0. The average Bonchev–Trinajstić information content (AvgIpc) is 2.74. The highest BCUT2D eigenvalue weighted by atomic mass is 35.5. The molecule has 2 amide bonds. The first kappa shape index (κ1) is 24.8. The van der Waals surface area contributed by atoms with E-state index in [0.717, 1.165) is 16.0 Å². The zero-order valence-electron chi connectivity index (χ0n) is 17.9. The predicted molar refractivity (Wildman–Crippen MR) is 126 cm³/mol. The third-order valence-corrected chi connectivity index (χ3v) is 5.86. The van der Waals surface area contributed by atoms with Gasteiger partial charge in [-0.15, -0.1) is 0 Å². The van der Waals surface area contributed by atoms with E-state index in [0.29, 0.717) is 22.0 Å². The molecule has 1 aliphatic rings. The Morgan fingerprint density at radius 1 is 1.00 bits per heavy atom. The van der Waals surface area contributed by atoms with Crippen molar-refractivity contribution in [1.29, 1.82) is 0 Å². The fourth-order valence-corrected chi connectivity index (χ4v) is 3.90. The van der Waals surface area contributed by atoms with Crippen molar-refractivity contribution in [2.45, 2.75) is 20.0 Å². The van der Waals surface area contributed by atoms with Gasteiger partial charge in [0.1, 0.15) is 0 Å². The van der Waals surface area contributed by atoms with E-state index in [1.807, 2.05) is 24.8 Å². The van der Waals surface area contributed by atoms with Crippen LogP contribution in [0.25, 0.3) is 0 Å². The van der Waals surface area contributed by atoms with E-state index >= 15 is 0 Å². The van der Waals surface area contributed by atoms with Gasteiger partial charge >= 0.3 is 12.1 Å². The van der Waals surface area contributed by atoms with E-state index in [9.17, 15) is 22.8 Å². The predicted octanol–water partition coefficient (Wildman–Crippen LogP) is 4.29. The fraction of sp³-hybridized carbons (Fsp3) is 0.318. The van der Waals surface area contributed by atoms with Crippen LogP contribution in [0.4, 0.5) is 24.5 Å². The van der Waals surface area contributed by atoms with Crippen LogP contribution in [0.3, 0.4) is 0 Å². The highest BCUT2D eigenvalue weighted by Gasteiger charge is 2.43. The maximum atomic E-state index is 12.6. The molecule has 33 heavy (non-hydrogen) atoms. The second-order valence-electron chi connectivity index (χ2n) is 7.65. The molecule has 1 heterocycles. The summed E-state index contributed by atoms with van der Waals surface area (Å²) in [6.45, 7) is 4.21. The van der Waals surface area contributed by atoms with Crippen molar-refractivity contribution in [3.8, 4) is 0 Å². The molecule has 0 aromatic heterocycles. The Bertz CT molecular complexity index is 1090. The van der Waals surface area contributed by atoms with Crippen molar-refractivity contribution in [2.24, 2.45) is 0 Å². The summed E-state index contributed by atoms with van der Waals surface area (Å²) in [5, 5.41) is 5.97. The number of alkyl halides is 3. The van der Waals surface area contributed by atoms with Gasteiger partial charge in [-0.1, -0.05) is 17.7 Å². The van der Waals surface area contributed by atoms with Gasteiger partial charge in [-0.3, -0.25) is 14.9 Å². The number of rotatable bonds is 3. The molecule has 11 heteroatoms. The first-order valence-corrected chi connectivity index (χ1v) is 10.8. The monoisotopic (exact) mass is 498 g/mol. The Labute approximate surface area is 199 Å². The standard InChI is InChI=1S/C22H22ClF3N4O2S/c1-13-3-4-15(11-14(13)2)19(31)28-21(33)27-16-5-6-18(17(23)12-16)29-7-9-30(10-8-29)20(32)22(24,25)26/h3-6,11-12H,7-10H2,1-2H3,(H2,27,28,31,33). The van der Waals surface area contributed by atoms with Gasteiger partial charge in [-0.05, 0) is 67.5 Å². The van der Waals surface area contributed by atoms with Crippen molar-refractivity contribution in [1.82, 2.24) is 10.2 Å². The number of benzene rings is 2. The Morgan fingerprint density at radius 3 is 2.24 bits per heavy atom. The molecule has 0 saturated carbocycles. The van der Waals surface area contributed by atoms with Crippen LogP contribution in [0.1, 0.15) is 21.5 Å². The van der Waals surface area contributed by atoms with Crippen LogP contribution < -0.4 is 15.5 Å². The second-order valence-corrected chi connectivity index (χ2v) is 8.47. The number of halogens is 4. The molecular formula is C22H22ClF3N4O2S. The molecule has 176 valence electrons. The molecule has 2 aromatic rings. The molecule has 1 fully saturated rings. The maximum absolute atomic E-state index is 12.6. The molecule has 0 bridgehead atoms. The highest BCUT2D eigenvalue weighted by molar-refractivity contribution is 7.80. The summed E-state index contributed by atoms with van der Waals surface area (Å²) < 4.78 is 37.8. The Kier molecular flexibility index (Phi) is 7.48. The molecule has 1 saturated heterocycles. The summed E-state index contributed by atoms with van der Waals surface area (Å²) in [6.07, 6.45) is -4.88. The van der Waals surface area contributed by atoms with Crippen molar-refractivity contribution >= 4 is 52.1 Å². The number of amides is 2. The summed E-state index contributed by atoms with van der Waals surface area (Å²) in [4.78, 5) is 26.4. The maximum Gasteiger partial charge on any atom is 0.471 e. The molecule has 0 atom stereocenters. The summed E-state index contributed by atoms with van der Waals surface area (Å²) in [6, 6.07) is 10.4. The lowest BCUT2D eigenvalue weighted by Crippen LogP contribution is -2.52. The van der Waals surface area contributed by atoms with E-state index in [4.69, 9.17) is 23.8 Å². The van der Waals surface area contributed by atoms with E-state index < -0.39 is 12.1 Å². The zero-order chi connectivity index (χ0) is 24.3. The zero-order valence-corrected chi connectivity index (χ0v) is 19.5. The molecular weight excluding hydrogens is 477 g/mol. The van der Waals surface area contributed by atoms with Crippen molar-refractivity contribution in [3.05, 3.63) is 58.1 Å². The number of nitrogens with one attached hydrogen (secondary N) is 2. The number of aryl methyl sites for hydroxylation is 2. The number of thiocarbonyl (C=S) groups is 1. The van der Waals surface area contributed by atoms with Gasteiger partial charge < -0.3 is 15.1 Å². The molecule has 0 unspecified atom stereocenters. The molecule has 0 aliphatic carbocycles. The minimum absolute atomic E-state index is 0.0523. The minimum atomic E-state index is -4.88. The number of carbonyl (C=O) groups excluding carboxylic acids is 2. The molecule has 2 N–H and O–H groups in total. The van der Waals surface area contributed by atoms with Gasteiger partial charge in [0.15, 0.2) is 5.11 Å². The SMILES string of the molecule is Cc1ccc(C(=O)NC(=S)Nc2ccc(N3CCN(C(=O)C(F)(F)F)CC3)c(Cl)c2)cc1C. The molecule has 3 rings (SSSR count). The first-order chi connectivity index (χ1) is 15.5. The molecule has 1 aliphatic heterocycles. The molecule has 6 nitrogen and oxygen atoms in total. The van der Waals surface area contributed by atoms with Gasteiger partial charge in [-0.25, -0.2) is 0 Å². The lowest BCUT2D eigenvalue weighted by molar-refractivity contribution is -0.185. The number of carbonyl (C=O) groups is 2. The number of nitrogens with zero attached hydrogens (tertiary/aromatic N) is 2. The quantitative estimate of drug-likeness (QED) is 0.618. The van der Waals surface area contributed by atoms with Gasteiger partial charge in [0.05, 0.1) is 10.7 Å². The van der Waals surface area contributed by atoms with Crippen LogP contribution in [0, 0.1) is 13.8 Å². The van der Waals surface area contributed by atoms with E-state index in [2.05, 4.69) is 10.6 Å². The summed E-state index contributed by atoms with van der Waals surface area (Å²) in [5.41, 5.74) is 3.73. The third kappa shape index (κ3) is 6.14. The lowest BCUT2D eigenvalue weighted by atomic mass is 10.1. The van der Waals surface area contributed by atoms with Crippen LogP contribution in [-0.4, -0.2) is 54.2 Å². The van der Waals surface area contributed by atoms with Gasteiger partial charge in [-0.2, -0.15) is 13.2 Å². The fourth-order valence-electron chi connectivity index (χ4n) is 3.39. The van der Waals surface area contributed by atoms with Gasteiger partial charge in [0.25, 0.3) is 5.91 Å². The molecule has 0 spiro atoms. The number of piperazine rings is 1. The summed E-state index contributed by atoms with van der Waals surface area (Å²) >= 11 is 11.6. The third-order valence-electron chi connectivity index (χ3n) is 5.35. The highest BCUT2D eigenvalue weighted by Crippen LogP contribution is 2.30. The van der Waals surface area contributed by atoms with Gasteiger partial charge in [0.2, 0.25) is 0 Å². The van der Waals surface area contributed by atoms with E-state index in [-0.39, 0.29) is 37.2 Å². The van der Waals surface area contributed by atoms with E-state index in [1.54, 1.807) is 30.3 Å². The normalized spacial score (nSPS) is 14.1. The second kappa shape index (κ2) is 9.96. The Balaban J connectivity index is 1.58. The largest absolute Gasteiger partial charge is 0.471 e. The van der Waals surface area contributed by atoms with Crippen LogP contribution in [0.15, 0.2) is 36.4 Å². The topological polar surface area (TPSA) is 64.7 Å². The van der Waals surface area contributed by atoms with Crippen LogP contribution in [0.2, 0.25) is 5.02 Å². The number of anilines is 2. The van der Waals surface area contributed by atoms with Crippen LogP contribution in [-0.2, 0) is 4.79 Å². The average molecular weight is 499 g/mol. The lowest BCUT2D eigenvalue weighted by Gasteiger charge is -2.36. The van der Waals surface area contributed by atoms with Crippen LogP contribution in [0.5, 0.6) is 0 Å². The molecule has 0 radical (unpaired) electrons. The van der Waals surface area contributed by atoms with Crippen LogP contribution >= 0.6 is 23.8 Å². The van der Waals surface area contributed by atoms with Gasteiger partial charge in [0, 0.05) is 37.4 Å². The smallest absolute Gasteiger partial charge is 0.367 e. The van der Waals surface area contributed by atoms with Crippen molar-refractivity contribution < 1.29 is 22.8 Å². The first-order valence-electron chi connectivity index (χ1n) is 10.1. The summed E-state index contributed by atoms with van der Waals surface area (Å²) in [5.74, 6) is -2.17. The Hall–Kier alpha value is -2.85. The van der Waals surface area contributed by atoms with E-state index in [1.165, 1.54) is 0 Å².